The number of hydrogen-bond acceptors (Lipinski definition) is 4. The lowest BCUT2D eigenvalue weighted by atomic mass is 10.0. The summed E-state index contributed by atoms with van der Waals surface area (Å²) in [5, 5.41) is 3.13. The van der Waals surface area contributed by atoms with Gasteiger partial charge in [0, 0.05) is 31.9 Å². The number of hydrogen-bond donors (Lipinski definition) is 1. The predicted octanol–water partition coefficient (Wildman–Crippen LogP) is 2.92. The van der Waals surface area contributed by atoms with Crippen LogP contribution in [0.5, 0.6) is 0 Å². The number of likely N-dealkylation sites (tertiary alicyclic amines) is 1. The van der Waals surface area contributed by atoms with Crippen molar-refractivity contribution >= 4 is 21.6 Å². The summed E-state index contributed by atoms with van der Waals surface area (Å²) in [5.41, 5.74) is 0.767. The monoisotopic (exact) mass is 393 g/mol. The number of nitrogens with one attached hydrogen (secondary N) is 1. The first kappa shape index (κ1) is 20.1. The zero-order valence-corrected chi connectivity index (χ0v) is 17.0. The van der Waals surface area contributed by atoms with Gasteiger partial charge in [-0.25, -0.2) is 8.42 Å². The van der Waals surface area contributed by atoms with E-state index < -0.39 is 10.0 Å². The van der Waals surface area contributed by atoms with Gasteiger partial charge in [0.25, 0.3) is 0 Å². The Morgan fingerprint density at radius 3 is 2.33 bits per heavy atom. The summed E-state index contributed by atoms with van der Waals surface area (Å²) in [6, 6.07) is 6.76. The van der Waals surface area contributed by atoms with Gasteiger partial charge < -0.3 is 10.2 Å². The molecule has 1 N–H and O–H groups in total. The number of piperidine rings is 1. The average Bonchev–Trinajstić information content (AvgIpc) is 2.96. The van der Waals surface area contributed by atoms with Gasteiger partial charge in [-0.1, -0.05) is 19.8 Å². The van der Waals surface area contributed by atoms with E-state index in [9.17, 15) is 13.2 Å². The molecule has 2 aliphatic rings. The van der Waals surface area contributed by atoms with E-state index in [1.54, 1.807) is 28.6 Å². The smallest absolute Gasteiger partial charge is 0.243 e. The quantitative estimate of drug-likeness (QED) is 0.835. The van der Waals surface area contributed by atoms with E-state index in [0.29, 0.717) is 23.9 Å². The second kappa shape index (κ2) is 9.06. The number of carbonyl (C=O) groups is 1. The van der Waals surface area contributed by atoms with Crippen LogP contribution in [0.15, 0.2) is 29.2 Å². The molecule has 0 saturated carbocycles. The highest BCUT2D eigenvalue weighted by Crippen LogP contribution is 2.22. The van der Waals surface area contributed by atoms with Crippen LogP contribution in [0.4, 0.5) is 5.69 Å². The van der Waals surface area contributed by atoms with E-state index in [0.717, 1.165) is 50.9 Å². The minimum Gasteiger partial charge on any atom is -0.376 e. The third-order valence-corrected chi connectivity index (χ3v) is 7.42. The van der Waals surface area contributed by atoms with Gasteiger partial charge in [-0.05, 0) is 55.9 Å². The molecule has 1 atom stereocenters. The molecular weight excluding hydrogens is 362 g/mol. The van der Waals surface area contributed by atoms with Gasteiger partial charge in [-0.15, -0.1) is 0 Å². The molecule has 2 saturated heterocycles. The summed E-state index contributed by atoms with van der Waals surface area (Å²) >= 11 is 0. The summed E-state index contributed by atoms with van der Waals surface area (Å²) in [7, 11) is -3.43. The second-order valence-corrected chi connectivity index (χ2v) is 9.72. The Morgan fingerprint density at radius 2 is 1.70 bits per heavy atom. The maximum atomic E-state index is 12.8. The molecule has 0 aromatic heterocycles. The highest BCUT2D eigenvalue weighted by atomic mass is 32.2. The first-order valence-corrected chi connectivity index (χ1v) is 11.5. The van der Waals surface area contributed by atoms with Crippen molar-refractivity contribution < 1.29 is 13.2 Å². The van der Waals surface area contributed by atoms with E-state index in [1.165, 1.54) is 6.42 Å². The van der Waals surface area contributed by atoms with Crippen molar-refractivity contribution in [1.82, 2.24) is 9.21 Å². The van der Waals surface area contributed by atoms with Gasteiger partial charge in [0.15, 0.2) is 0 Å². The topological polar surface area (TPSA) is 69.7 Å². The van der Waals surface area contributed by atoms with Crippen molar-refractivity contribution in [1.29, 1.82) is 0 Å². The number of amides is 1. The molecule has 150 valence electrons. The number of rotatable bonds is 5. The van der Waals surface area contributed by atoms with Crippen LogP contribution in [-0.2, 0) is 14.8 Å². The first-order valence-electron chi connectivity index (χ1n) is 10.1. The molecule has 1 aromatic carbocycles. The van der Waals surface area contributed by atoms with Crippen molar-refractivity contribution in [2.75, 3.05) is 38.0 Å². The highest BCUT2D eigenvalue weighted by Gasteiger charge is 2.25. The Bertz CT molecular complexity index is 725. The van der Waals surface area contributed by atoms with E-state index in [4.69, 9.17) is 0 Å². The number of benzene rings is 1. The maximum Gasteiger partial charge on any atom is 0.243 e. The molecule has 27 heavy (non-hydrogen) atoms. The number of carbonyl (C=O) groups excluding carboxylic acids is 1. The number of sulfonamides is 1. The summed E-state index contributed by atoms with van der Waals surface area (Å²) in [5.74, 6) is 0.661. The minimum absolute atomic E-state index is 0.0998. The van der Waals surface area contributed by atoms with E-state index >= 15 is 0 Å². The molecule has 3 rings (SSSR count). The molecule has 0 spiro atoms. The molecule has 6 nitrogen and oxygen atoms in total. The van der Waals surface area contributed by atoms with Crippen molar-refractivity contribution in [2.45, 2.75) is 50.3 Å². The fourth-order valence-corrected chi connectivity index (χ4v) is 5.40. The SMILES string of the molecule is CC1CCCN(C(=O)CNc2ccc(S(=O)(=O)N3CCCCCC3)cc2)C1. The molecule has 2 heterocycles. The summed E-state index contributed by atoms with van der Waals surface area (Å²) < 4.78 is 27.2. The van der Waals surface area contributed by atoms with Crippen molar-refractivity contribution in [3.8, 4) is 0 Å². The van der Waals surface area contributed by atoms with Crippen molar-refractivity contribution in [2.24, 2.45) is 5.92 Å². The minimum atomic E-state index is -3.43. The van der Waals surface area contributed by atoms with E-state index in [-0.39, 0.29) is 12.5 Å². The normalized spacial score (nSPS) is 22.3. The Labute approximate surface area is 163 Å². The third-order valence-electron chi connectivity index (χ3n) is 5.51. The Balaban J connectivity index is 1.57. The fraction of sp³-hybridized carbons (Fsp3) is 0.650. The lowest BCUT2D eigenvalue weighted by molar-refractivity contribution is -0.130. The van der Waals surface area contributed by atoms with Crippen LogP contribution in [0, 0.1) is 5.92 Å². The number of nitrogens with zero attached hydrogens (tertiary/aromatic N) is 2. The van der Waals surface area contributed by atoms with Crippen LogP contribution < -0.4 is 5.32 Å². The number of anilines is 1. The molecule has 0 radical (unpaired) electrons. The van der Waals surface area contributed by atoms with Crippen LogP contribution in [0.3, 0.4) is 0 Å². The van der Waals surface area contributed by atoms with Crippen LogP contribution in [0.1, 0.15) is 45.4 Å². The van der Waals surface area contributed by atoms with Crippen LogP contribution in [0.25, 0.3) is 0 Å². The molecule has 7 heteroatoms. The Hall–Kier alpha value is -1.60. The molecule has 1 aromatic rings. The predicted molar refractivity (Wildman–Crippen MR) is 107 cm³/mol. The largest absolute Gasteiger partial charge is 0.376 e. The molecule has 0 aliphatic carbocycles. The maximum absolute atomic E-state index is 12.8. The second-order valence-electron chi connectivity index (χ2n) is 7.78. The summed E-state index contributed by atoms with van der Waals surface area (Å²) in [6.45, 7) is 5.28. The zero-order valence-electron chi connectivity index (χ0n) is 16.2. The molecular formula is C20H31N3O3S. The van der Waals surface area contributed by atoms with Gasteiger partial charge >= 0.3 is 0 Å². The molecule has 1 unspecified atom stereocenters. The summed E-state index contributed by atoms with van der Waals surface area (Å²) in [4.78, 5) is 14.6. The lowest BCUT2D eigenvalue weighted by Crippen LogP contribution is -2.41. The first-order chi connectivity index (χ1) is 13.0. The van der Waals surface area contributed by atoms with Gasteiger partial charge in [-0.3, -0.25) is 4.79 Å². The van der Waals surface area contributed by atoms with Gasteiger partial charge in [0.05, 0.1) is 11.4 Å². The summed E-state index contributed by atoms with van der Waals surface area (Å²) in [6.07, 6.45) is 6.30. The van der Waals surface area contributed by atoms with Gasteiger partial charge in [0.1, 0.15) is 0 Å². The zero-order chi connectivity index (χ0) is 19.3. The van der Waals surface area contributed by atoms with Gasteiger partial charge in [0.2, 0.25) is 15.9 Å². The molecule has 2 fully saturated rings. The molecule has 0 bridgehead atoms. The van der Waals surface area contributed by atoms with Crippen LogP contribution in [0.2, 0.25) is 0 Å². The lowest BCUT2D eigenvalue weighted by Gasteiger charge is -2.31. The van der Waals surface area contributed by atoms with Crippen molar-refractivity contribution in [3.05, 3.63) is 24.3 Å². The highest BCUT2D eigenvalue weighted by molar-refractivity contribution is 7.89. The van der Waals surface area contributed by atoms with Crippen molar-refractivity contribution in [3.63, 3.8) is 0 Å². The van der Waals surface area contributed by atoms with Crippen LogP contribution >= 0.6 is 0 Å². The molecule has 2 aliphatic heterocycles. The third kappa shape index (κ3) is 5.23. The van der Waals surface area contributed by atoms with E-state index in [2.05, 4.69) is 12.2 Å². The molecule has 1 amide bonds. The van der Waals surface area contributed by atoms with E-state index in [1.807, 2.05) is 4.90 Å². The Kier molecular flexibility index (Phi) is 6.76. The van der Waals surface area contributed by atoms with Gasteiger partial charge in [-0.2, -0.15) is 4.31 Å². The Morgan fingerprint density at radius 1 is 1.04 bits per heavy atom. The standard InChI is InChI=1S/C20H31N3O3S/c1-17-7-6-12-22(16-17)20(24)15-21-18-8-10-19(11-9-18)27(25,26)23-13-4-2-3-5-14-23/h8-11,17,21H,2-7,12-16H2,1H3. The fourth-order valence-electron chi connectivity index (χ4n) is 3.88. The van der Waals surface area contributed by atoms with Crippen LogP contribution in [-0.4, -0.2) is 56.3 Å². The average molecular weight is 394 g/mol.